The molecule has 0 saturated carbocycles. The number of amides is 2. The largest absolute Gasteiger partial charge is 0.305 e. The van der Waals surface area contributed by atoms with Crippen molar-refractivity contribution in [3.05, 3.63) is 30.3 Å². The topological polar surface area (TPSA) is 58.5 Å². The van der Waals surface area contributed by atoms with Crippen LogP contribution in [0.15, 0.2) is 40.2 Å². The molecule has 2 amide bonds. The minimum Gasteiger partial charge on any atom is -0.305 e. The molecule has 1 N–H and O–H groups in total. The molecule has 0 fully saturated rings. The standard InChI is InChI=1S/C11H12N2O2S/c1-8(14)12-11(13-9(2)15)16-10-6-4-3-5-7-10/h3-7H,1-2H3,(H,12,13,14,15). The van der Waals surface area contributed by atoms with Crippen molar-refractivity contribution in [2.45, 2.75) is 18.7 Å². The molecule has 0 atom stereocenters. The summed E-state index contributed by atoms with van der Waals surface area (Å²) in [6.45, 7) is 2.72. The van der Waals surface area contributed by atoms with Gasteiger partial charge in [0.2, 0.25) is 11.8 Å². The molecule has 5 heteroatoms. The van der Waals surface area contributed by atoms with Crippen molar-refractivity contribution in [3.63, 3.8) is 0 Å². The fourth-order valence-electron chi connectivity index (χ4n) is 0.970. The number of benzene rings is 1. The molecule has 1 aromatic carbocycles. The zero-order valence-electron chi connectivity index (χ0n) is 9.06. The maximum absolute atomic E-state index is 10.9. The van der Waals surface area contributed by atoms with Crippen LogP contribution in [0.3, 0.4) is 0 Å². The lowest BCUT2D eigenvalue weighted by Gasteiger charge is -2.05. The van der Waals surface area contributed by atoms with Gasteiger partial charge in [-0.15, -0.1) is 0 Å². The maximum Gasteiger partial charge on any atom is 0.244 e. The quantitative estimate of drug-likeness (QED) is 0.459. The smallest absolute Gasteiger partial charge is 0.244 e. The first-order valence-electron chi connectivity index (χ1n) is 4.67. The Kier molecular flexibility index (Phi) is 4.72. The number of carbonyl (C=O) groups is 2. The summed E-state index contributed by atoms with van der Waals surface area (Å²) in [6, 6.07) is 9.40. The number of rotatable bonds is 1. The Morgan fingerprint density at radius 2 is 1.81 bits per heavy atom. The summed E-state index contributed by atoms with van der Waals surface area (Å²) in [7, 11) is 0. The molecule has 0 aliphatic rings. The predicted octanol–water partition coefficient (Wildman–Crippen LogP) is 1.82. The van der Waals surface area contributed by atoms with Crippen molar-refractivity contribution >= 4 is 28.7 Å². The molecule has 0 unspecified atom stereocenters. The van der Waals surface area contributed by atoms with Gasteiger partial charge in [-0.25, -0.2) is 0 Å². The van der Waals surface area contributed by atoms with E-state index < -0.39 is 0 Å². The highest BCUT2D eigenvalue weighted by atomic mass is 32.2. The molecule has 0 aliphatic carbocycles. The third kappa shape index (κ3) is 4.75. The first-order chi connectivity index (χ1) is 7.58. The van der Waals surface area contributed by atoms with Crippen LogP contribution in [0.2, 0.25) is 0 Å². The molecule has 0 aromatic heterocycles. The lowest BCUT2D eigenvalue weighted by molar-refractivity contribution is -0.117. The Morgan fingerprint density at radius 3 is 2.31 bits per heavy atom. The molecule has 0 bridgehead atoms. The molecule has 0 radical (unpaired) electrons. The van der Waals surface area contributed by atoms with E-state index in [1.54, 1.807) is 0 Å². The number of nitrogens with one attached hydrogen (secondary N) is 1. The van der Waals surface area contributed by atoms with Crippen LogP contribution >= 0.6 is 11.8 Å². The molecule has 84 valence electrons. The Bertz CT molecular complexity index is 415. The summed E-state index contributed by atoms with van der Waals surface area (Å²) in [5.41, 5.74) is 0. The van der Waals surface area contributed by atoms with Gasteiger partial charge in [-0.3, -0.25) is 9.59 Å². The minimum atomic E-state index is -0.341. The van der Waals surface area contributed by atoms with E-state index in [0.29, 0.717) is 5.17 Å². The fraction of sp³-hybridized carbons (Fsp3) is 0.182. The number of hydrogen-bond donors (Lipinski definition) is 1. The number of aliphatic imine (C=N–C) groups is 1. The van der Waals surface area contributed by atoms with Gasteiger partial charge in [0.05, 0.1) is 0 Å². The highest BCUT2D eigenvalue weighted by molar-refractivity contribution is 8.14. The van der Waals surface area contributed by atoms with Gasteiger partial charge >= 0.3 is 0 Å². The molecule has 0 spiro atoms. The van der Waals surface area contributed by atoms with E-state index in [1.807, 2.05) is 30.3 Å². The minimum absolute atomic E-state index is 0.247. The lowest BCUT2D eigenvalue weighted by atomic mass is 10.4. The molecular weight excluding hydrogens is 224 g/mol. The first-order valence-corrected chi connectivity index (χ1v) is 5.49. The monoisotopic (exact) mass is 236 g/mol. The van der Waals surface area contributed by atoms with Crippen LogP contribution in [0.4, 0.5) is 0 Å². The van der Waals surface area contributed by atoms with Crippen LogP contribution in [0.1, 0.15) is 13.8 Å². The van der Waals surface area contributed by atoms with Crippen molar-refractivity contribution < 1.29 is 9.59 Å². The lowest BCUT2D eigenvalue weighted by Crippen LogP contribution is -2.26. The van der Waals surface area contributed by atoms with E-state index in [4.69, 9.17) is 0 Å². The van der Waals surface area contributed by atoms with E-state index in [1.165, 1.54) is 25.6 Å². The zero-order chi connectivity index (χ0) is 12.0. The average Bonchev–Trinajstić information content (AvgIpc) is 2.16. The number of carbonyl (C=O) groups excluding carboxylic acids is 2. The van der Waals surface area contributed by atoms with Crippen LogP contribution in [-0.4, -0.2) is 17.0 Å². The summed E-state index contributed by atoms with van der Waals surface area (Å²) in [4.78, 5) is 26.4. The van der Waals surface area contributed by atoms with Crippen molar-refractivity contribution in [1.29, 1.82) is 0 Å². The SMILES string of the molecule is CC(=O)N=C(NC(C)=O)Sc1ccccc1. The number of amidine groups is 1. The number of hydrogen-bond acceptors (Lipinski definition) is 3. The van der Waals surface area contributed by atoms with Gasteiger partial charge in [0.25, 0.3) is 0 Å². The van der Waals surface area contributed by atoms with E-state index in [2.05, 4.69) is 10.3 Å². The number of thioether (sulfide) groups is 1. The normalized spacial score (nSPS) is 11.0. The van der Waals surface area contributed by atoms with Gasteiger partial charge in [-0.1, -0.05) is 30.0 Å². The van der Waals surface area contributed by atoms with E-state index in [9.17, 15) is 9.59 Å². The third-order valence-corrected chi connectivity index (χ3v) is 2.39. The second-order valence-corrected chi connectivity index (χ2v) is 4.09. The molecule has 16 heavy (non-hydrogen) atoms. The third-order valence-electron chi connectivity index (χ3n) is 1.50. The molecule has 0 saturated heterocycles. The van der Waals surface area contributed by atoms with Gasteiger partial charge in [-0.2, -0.15) is 4.99 Å². The van der Waals surface area contributed by atoms with Crippen molar-refractivity contribution in [3.8, 4) is 0 Å². The van der Waals surface area contributed by atoms with Crippen molar-refractivity contribution in [2.24, 2.45) is 4.99 Å². The summed E-state index contributed by atoms with van der Waals surface area (Å²) in [5, 5.41) is 2.81. The highest BCUT2D eigenvalue weighted by Crippen LogP contribution is 2.17. The van der Waals surface area contributed by atoms with Crippen LogP contribution in [-0.2, 0) is 9.59 Å². The average molecular weight is 236 g/mol. The molecule has 1 aromatic rings. The summed E-state index contributed by atoms with van der Waals surface area (Å²) >= 11 is 1.24. The van der Waals surface area contributed by atoms with E-state index in [0.717, 1.165) is 4.90 Å². The Balaban J connectivity index is 2.79. The Labute approximate surface area is 98.1 Å². The van der Waals surface area contributed by atoms with Gasteiger partial charge in [-0.05, 0) is 12.1 Å². The summed E-state index contributed by atoms with van der Waals surface area (Å²) < 4.78 is 0. The molecule has 1 rings (SSSR count). The Hall–Kier alpha value is -1.62. The molecular formula is C11H12N2O2S. The second-order valence-electron chi connectivity index (χ2n) is 3.03. The van der Waals surface area contributed by atoms with Crippen molar-refractivity contribution in [2.75, 3.05) is 0 Å². The summed E-state index contributed by atoms with van der Waals surface area (Å²) in [6.07, 6.45) is 0. The summed E-state index contributed by atoms with van der Waals surface area (Å²) in [5.74, 6) is -0.587. The maximum atomic E-state index is 10.9. The predicted molar refractivity (Wildman–Crippen MR) is 64.2 cm³/mol. The van der Waals surface area contributed by atoms with Crippen LogP contribution in [0.5, 0.6) is 0 Å². The van der Waals surface area contributed by atoms with Gasteiger partial charge < -0.3 is 5.32 Å². The Morgan fingerprint density at radius 1 is 1.19 bits per heavy atom. The first kappa shape index (κ1) is 12.4. The fourth-order valence-corrected chi connectivity index (χ4v) is 1.86. The van der Waals surface area contributed by atoms with E-state index in [-0.39, 0.29) is 11.8 Å². The van der Waals surface area contributed by atoms with Gasteiger partial charge in [0.1, 0.15) is 0 Å². The van der Waals surface area contributed by atoms with Crippen molar-refractivity contribution in [1.82, 2.24) is 5.32 Å². The van der Waals surface area contributed by atoms with Crippen LogP contribution < -0.4 is 5.32 Å². The second kappa shape index (κ2) is 6.07. The van der Waals surface area contributed by atoms with E-state index >= 15 is 0 Å². The molecule has 0 heterocycles. The number of nitrogens with zero attached hydrogens (tertiary/aromatic N) is 1. The van der Waals surface area contributed by atoms with Gasteiger partial charge in [0, 0.05) is 18.7 Å². The zero-order valence-corrected chi connectivity index (χ0v) is 9.88. The van der Waals surface area contributed by atoms with Crippen LogP contribution in [0.25, 0.3) is 0 Å². The molecule has 0 aliphatic heterocycles. The van der Waals surface area contributed by atoms with Crippen LogP contribution in [0, 0.1) is 0 Å². The highest BCUT2D eigenvalue weighted by Gasteiger charge is 2.05. The van der Waals surface area contributed by atoms with Gasteiger partial charge in [0.15, 0.2) is 5.17 Å². The molecule has 4 nitrogen and oxygen atoms in total.